The van der Waals surface area contributed by atoms with Crippen molar-refractivity contribution in [2.24, 2.45) is 0 Å². The molecule has 0 fully saturated rings. The number of amides is 1. The van der Waals surface area contributed by atoms with E-state index in [-0.39, 0.29) is 5.91 Å². The molecule has 1 aliphatic rings. The molecule has 1 aromatic heterocycles. The summed E-state index contributed by atoms with van der Waals surface area (Å²) in [7, 11) is 3.25. The van der Waals surface area contributed by atoms with Gasteiger partial charge in [0.25, 0.3) is 0 Å². The van der Waals surface area contributed by atoms with Crippen molar-refractivity contribution in [1.29, 1.82) is 0 Å². The van der Waals surface area contributed by atoms with Crippen LogP contribution in [0.4, 0.5) is 5.69 Å². The summed E-state index contributed by atoms with van der Waals surface area (Å²) < 4.78 is 16.8. The number of ether oxygens (including phenoxy) is 2. The van der Waals surface area contributed by atoms with E-state index in [0.29, 0.717) is 11.4 Å². The minimum absolute atomic E-state index is 0.191. The number of anilines is 1. The summed E-state index contributed by atoms with van der Waals surface area (Å²) in [5.41, 5.74) is 4.60. The zero-order valence-electron chi connectivity index (χ0n) is 17.0. The Hall–Kier alpha value is -3.21. The second kappa shape index (κ2) is 8.03. The number of rotatable bonds is 5. The van der Waals surface area contributed by atoms with Crippen molar-refractivity contribution in [2.45, 2.75) is 32.6 Å². The molecule has 5 heteroatoms. The minimum atomic E-state index is -0.191. The molecule has 3 aromatic rings. The molecule has 4 rings (SSSR count). The molecule has 0 atom stereocenters. The number of carbonyl (C=O) groups is 1. The van der Waals surface area contributed by atoms with Crippen molar-refractivity contribution in [1.82, 2.24) is 0 Å². The largest absolute Gasteiger partial charge is 0.497 e. The fourth-order valence-corrected chi connectivity index (χ4v) is 3.89. The molecule has 0 unspecified atom stereocenters. The number of carbonyl (C=O) groups excluding carboxylic acids is 1. The van der Waals surface area contributed by atoms with Gasteiger partial charge in [-0.1, -0.05) is 0 Å². The van der Waals surface area contributed by atoms with Crippen LogP contribution in [0.3, 0.4) is 0 Å². The standard InChI is InChI=1S/C24H25NO4/c1-15(12-24(26)25-16-8-10-17(27-2)11-9-16)19-13-20-18-6-4-5-7-21(18)29-23(20)14-22(19)28-3/h8-14H,4-7H2,1-3H3,(H,25,26)/b15-12+. The molecule has 0 bridgehead atoms. The number of allylic oxidation sites excluding steroid dienone is 1. The van der Waals surface area contributed by atoms with E-state index >= 15 is 0 Å². The van der Waals surface area contributed by atoms with Gasteiger partial charge in [-0.15, -0.1) is 0 Å². The fourth-order valence-electron chi connectivity index (χ4n) is 3.89. The molecule has 29 heavy (non-hydrogen) atoms. The molecule has 1 aliphatic carbocycles. The fraction of sp³-hybridized carbons (Fsp3) is 0.292. The molecule has 1 heterocycles. The Morgan fingerprint density at radius 2 is 1.83 bits per heavy atom. The molecule has 0 saturated heterocycles. The second-order valence-electron chi connectivity index (χ2n) is 7.30. The summed E-state index contributed by atoms with van der Waals surface area (Å²) >= 11 is 0. The molecule has 150 valence electrons. The lowest BCUT2D eigenvalue weighted by molar-refractivity contribution is -0.111. The monoisotopic (exact) mass is 391 g/mol. The smallest absolute Gasteiger partial charge is 0.248 e. The third-order valence-corrected chi connectivity index (χ3v) is 5.41. The Bertz CT molecular complexity index is 1080. The van der Waals surface area contributed by atoms with Crippen molar-refractivity contribution < 1.29 is 18.7 Å². The van der Waals surface area contributed by atoms with Gasteiger partial charge in [0, 0.05) is 40.8 Å². The van der Waals surface area contributed by atoms with Crippen molar-refractivity contribution in [3.05, 3.63) is 59.4 Å². The van der Waals surface area contributed by atoms with Gasteiger partial charge < -0.3 is 19.2 Å². The second-order valence-corrected chi connectivity index (χ2v) is 7.30. The van der Waals surface area contributed by atoms with Crippen LogP contribution in [-0.2, 0) is 17.6 Å². The predicted octanol–water partition coefficient (Wildman–Crippen LogP) is 5.37. The lowest BCUT2D eigenvalue weighted by Crippen LogP contribution is -2.08. The molecule has 0 aliphatic heterocycles. The zero-order chi connectivity index (χ0) is 20.4. The Morgan fingerprint density at radius 3 is 2.55 bits per heavy atom. The van der Waals surface area contributed by atoms with Gasteiger partial charge in [-0.3, -0.25) is 4.79 Å². The molecule has 1 amide bonds. The number of nitrogens with one attached hydrogen (secondary N) is 1. The maximum absolute atomic E-state index is 12.5. The van der Waals surface area contributed by atoms with Gasteiger partial charge >= 0.3 is 0 Å². The molecule has 0 spiro atoms. The van der Waals surface area contributed by atoms with Crippen LogP contribution in [0.15, 0.2) is 46.9 Å². The summed E-state index contributed by atoms with van der Waals surface area (Å²) in [4.78, 5) is 12.5. The molecule has 0 radical (unpaired) electrons. The molecule has 0 saturated carbocycles. The highest BCUT2D eigenvalue weighted by atomic mass is 16.5. The summed E-state index contributed by atoms with van der Waals surface area (Å²) in [6.07, 6.45) is 5.97. The number of aryl methyl sites for hydroxylation is 2. The first-order valence-electron chi connectivity index (χ1n) is 9.85. The number of hydrogen-bond donors (Lipinski definition) is 1. The molecular formula is C24H25NO4. The zero-order valence-corrected chi connectivity index (χ0v) is 17.0. The van der Waals surface area contributed by atoms with Crippen LogP contribution in [0.5, 0.6) is 11.5 Å². The van der Waals surface area contributed by atoms with Gasteiger partial charge in [-0.2, -0.15) is 0 Å². The van der Waals surface area contributed by atoms with E-state index < -0.39 is 0 Å². The predicted molar refractivity (Wildman–Crippen MR) is 115 cm³/mol. The van der Waals surface area contributed by atoms with Gasteiger partial charge in [0.05, 0.1) is 14.2 Å². The van der Waals surface area contributed by atoms with Crippen LogP contribution in [-0.4, -0.2) is 20.1 Å². The summed E-state index contributed by atoms with van der Waals surface area (Å²) in [6.45, 7) is 1.92. The van der Waals surface area contributed by atoms with Crippen molar-refractivity contribution in [2.75, 3.05) is 19.5 Å². The lowest BCUT2D eigenvalue weighted by Gasteiger charge is -2.11. The summed E-state index contributed by atoms with van der Waals surface area (Å²) in [5, 5.41) is 4.01. The Balaban J connectivity index is 1.63. The van der Waals surface area contributed by atoms with Crippen LogP contribution in [0.1, 0.15) is 36.7 Å². The number of benzene rings is 2. The number of hydrogen-bond acceptors (Lipinski definition) is 4. The third kappa shape index (κ3) is 3.86. The van der Waals surface area contributed by atoms with Gasteiger partial charge in [0.15, 0.2) is 0 Å². The normalized spacial score (nSPS) is 13.8. The Kier molecular flexibility index (Phi) is 5.30. The van der Waals surface area contributed by atoms with E-state index in [1.54, 1.807) is 20.3 Å². The van der Waals surface area contributed by atoms with Crippen LogP contribution < -0.4 is 14.8 Å². The molecule has 1 N–H and O–H groups in total. The first-order valence-corrected chi connectivity index (χ1v) is 9.85. The van der Waals surface area contributed by atoms with E-state index in [2.05, 4.69) is 11.4 Å². The maximum atomic E-state index is 12.5. The van der Waals surface area contributed by atoms with Crippen LogP contribution in [0, 0.1) is 0 Å². The van der Waals surface area contributed by atoms with Crippen molar-refractivity contribution in [3.63, 3.8) is 0 Å². The van der Waals surface area contributed by atoms with Gasteiger partial charge in [0.2, 0.25) is 5.91 Å². The van der Waals surface area contributed by atoms with Crippen LogP contribution in [0.2, 0.25) is 0 Å². The minimum Gasteiger partial charge on any atom is -0.497 e. The van der Waals surface area contributed by atoms with E-state index in [1.165, 1.54) is 18.4 Å². The quantitative estimate of drug-likeness (QED) is 0.594. The summed E-state index contributed by atoms with van der Waals surface area (Å²) in [5.74, 6) is 2.35. The van der Waals surface area contributed by atoms with E-state index in [9.17, 15) is 4.79 Å². The van der Waals surface area contributed by atoms with Crippen molar-refractivity contribution >= 4 is 28.1 Å². The first-order chi connectivity index (χ1) is 14.1. The summed E-state index contributed by atoms with van der Waals surface area (Å²) in [6, 6.07) is 11.3. The van der Waals surface area contributed by atoms with Crippen LogP contribution in [0.25, 0.3) is 16.5 Å². The average Bonchev–Trinajstić information content (AvgIpc) is 3.10. The maximum Gasteiger partial charge on any atom is 0.248 e. The molecule has 5 nitrogen and oxygen atoms in total. The first kappa shape index (κ1) is 19.1. The molecular weight excluding hydrogens is 366 g/mol. The van der Waals surface area contributed by atoms with E-state index in [4.69, 9.17) is 13.9 Å². The van der Waals surface area contributed by atoms with Gasteiger partial charge in [-0.05, 0) is 62.1 Å². The van der Waals surface area contributed by atoms with E-state index in [1.807, 2.05) is 37.3 Å². The number of furan rings is 1. The van der Waals surface area contributed by atoms with E-state index in [0.717, 1.165) is 46.5 Å². The van der Waals surface area contributed by atoms with Crippen molar-refractivity contribution in [3.8, 4) is 11.5 Å². The highest BCUT2D eigenvalue weighted by molar-refractivity contribution is 6.04. The molecule has 2 aromatic carbocycles. The topological polar surface area (TPSA) is 60.7 Å². The Morgan fingerprint density at radius 1 is 1.07 bits per heavy atom. The highest BCUT2D eigenvalue weighted by Crippen LogP contribution is 2.37. The van der Waals surface area contributed by atoms with Gasteiger partial charge in [0.1, 0.15) is 22.8 Å². The lowest BCUT2D eigenvalue weighted by atomic mass is 9.94. The number of fused-ring (bicyclic) bond motifs is 3. The number of methoxy groups -OCH3 is 2. The van der Waals surface area contributed by atoms with Crippen LogP contribution >= 0.6 is 0 Å². The third-order valence-electron chi connectivity index (χ3n) is 5.41. The SMILES string of the molecule is COc1ccc(NC(=O)/C=C(\C)c2cc3c4c(oc3cc2OC)CCCC4)cc1. The van der Waals surface area contributed by atoms with Gasteiger partial charge in [-0.25, -0.2) is 0 Å². The Labute approximate surface area is 170 Å². The highest BCUT2D eigenvalue weighted by Gasteiger charge is 2.20. The average molecular weight is 391 g/mol.